The first kappa shape index (κ1) is 30.8. The van der Waals surface area contributed by atoms with E-state index in [1.807, 2.05) is 12.1 Å². The topological polar surface area (TPSA) is 17.4 Å². The molecule has 54 heavy (non-hydrogen) atoms. The molecule has 11 rings (SSSR count). The van der Waals surface area contributed by atoms with Crippen molar-refractivity contribution in [3.63, 3.8) is 0 Å². The Hall–Kier alpha value is -6.84. The van der Waals surface area contributed by atoms with Crippen LogP contribution in [0.5, 0.6) is 11.5 Å². The first-order valence-electron chi connectivity index (χ1n) is 18.7. The lowest BCUT2D eigenvalue weighted by Crippen LogP contribution is -2.15. The molecule has 0 radical (unpaired) electrons. The molecule has 0 N–H and O–H groups in total. The summed E-state index contributed by atoms with van der Waals surface area (Å²) < 4.78 is 8.93. The van der Waals surface area contributed by atoms with Gasteiger partial charge in [-0.2, -0.15) is 0 Å². The molecule has 9 aromatic rings. The third-order valence-corrected chi connectivity index (χ3v) is 11.6. The minimum atomic E-state index is -0.0147. The highest BCUT2D eigenvalue weighted by Crippen LogP contribution is 2.52. The van der Waals surface area contributed by atoms with Gasteiger partial charge in [0.05, 0.1) is 22.4 Å². The van der Waals surface area contributed by atoms with Crippen molar-refractivity contribution in [2.75, 3.05) is 4.90 Å². The molecule has 3 nitrogen and oxygen atoms in total. The Labute approximate surface area is 315 Å². The minimum absolute atomic E-state index is 0.0147. The molecular weight excluding hydrogens is 657 g/mol. The van der Waals surface area contributed by atoms with Crippen molar-refractivity contribution in [1.29, 1.82) is 0 Å². The number of benzene rings is 8. The van der Waals surface area contributed by atoms with Gasteiger partial charge in [-0.25, -0.2) is 0 Å². The molecule has 0 spiro atoms. The zero-order valence-corrected chi connectivity index (χ0v) is 30.1. The fourth-order valence-corrected chi connectivity index (χ4v) is 8.92. The van der Waals surface area contributed by atoms with Crippen LogP contribution in [0.4, 0.5) is 17.1 Å². The summed E-state index contributed by atoms with van der Waals surface area (Å²) in [5, 5.41) is 2.51. The number of fused-ring (bicyclic) bond motifs is 8. The molecule has 2 aliphatic rings. The van der Waals surface area contributed by atoms with E-state index in [0.717, 1.165) is 39.7 Å². The minimum Gasteiger partial charge on any atom is -0.453 e. The average Bonchev–Trinajstić information content (AvgIpc) is 3.67. The monoisotopic (exact) mass is 692 g/mol. The molecule has 0 bridgehead atoms. The summed E-state index contributed by atoms with van der Waals surface area (Å²) >= 11 is 0. The van der Waals surface area contributed by atoms with Gasteiger partial charge in [-0.3, -0.25) is 0 Å². The van der Waals surface area contributed by atoms with E-state index in [0.29, 0.717) is 0 Å². The second-order valence-corrected chi connectivity index (χ2v) is 15.0. The van der Waals surface area contributed by atoms with E-state index >= 15 is 0 Å². The van der Waals surface area contributed by atoms with E-state index in [2.05, 4.69) is 193 Å². The second-order valence-electron chi connectivity index (χ2n) is 15.0. The van der Waals surface area contributed by atoms with E-state index in [1.165, 1.54) is 60.9 Å². The van der Waals surface area contributed by atoms with Crippen molar-refractivity contribution in [2.45, 2.75) is 19.3 Å². The van der Waals surface area contributed by atoms with E-state index in [4.69, 9.17) is 4.74 Å². The first-order chi connectivity index (χ1) is 26.5. The van der Waals surface area contributed by atoms with Crippen LogP contribution in [-0.4, -0.2) is 4.57 Å². The fraction of sp³-hybridized carbons (Fsp3) is 0.0588. The second kappa shape index (κ2) is 11.6. The Balaban J connectivity index is 0.956. The maximum absolute atomic E-state index is 6.50. The Bertz CT molecular complexity index is 2940. The van der Waals surface area contributed by atoms with Gasteiger partial charge in [0.2, 0.25) is 0 Å². The van der Waals surface area contributed by atoms with Gasteiger partial charge < -0.3 is 14.2 Å². The predicted molar refractivity (Wildman–Crippen MR) is 224 cm³/mol. The molecule has 1 aliphatic heterocycles. The normalized spacial score (nSPS) is 13.6. The zero-order valence-electron chi connectivity index (χ0n) is 30.1. The lowest BCUT2D eigenvalue weighted by molar-refractivity contribution is 0.477. The van der Waals surface area contributed by atoms with Gasteiger partial charge in [-0.15, -0.1) is 0 Å². The number of aromatic nitrogens is 1. The van der Waals surface area contributed by atoms with Gasteiger partial charge >= 0.3 is 0 Å². The van der Waals surface area contributed by atoms with Gasteiger partial charge in [-0.1, -0.05) is 129 Å². The van der Waals surface area contributed by atoms with Crippen LogP contribution < -0.4 is 9.64 Å². The number of nitrogens with zero attached hydrogens (tertiary/aromatic N) is 2. The highest BCUT2D eigenvalue weighted by molar-refractivity contribution is 6.10. The summed E-state index contributed by atoms with van der Waals surface area (Å²) in [6, 6.07) is 65.8. The molecular formula is C51H36N2O. The predicted octanol–water partition coefficient (Wildman–Crippen LogP) is 14.0. The zero-order chi connectivity index (χ0) is 36.0. The summed E-state index contributed by atoms with van der Waals surface area (Å²) in [7, 11) is 0. The number of para-hydroxylation sites is 4. The summed E-state index contributed by atoms with van der Waals surface area (Å²) in [5.74, 6) is 1.70. The van der Waals surface area contributed by atoms with Gasteiger partial charge in [-0.05, 0) is 111 Å². The maximum Gasteiger partial charge on any atom is 0.152 e. The van der Waals surface area contributed by atoms with Crippen molar-refractivity contribution in [3.8, 4) is 50.6 Å². The fourth-order valence-electron chi connectivity index (χ4n) is 8.92. The van der Waals surface area contributed by atoms with E-state index in [1.54, 1.807) is 0 Å². The molecule has 3 heteroatoms. The summed E-state index contributed by atoms with van der Waals surface area (Å²) in [4.78, 5) is 2.28. The van der Waals surface area contributed by atoms with Crippen LogP contribution in [0.2, 0.25) is 0 Å². The highest BCUT2D eigenvalue weighted by atomic mass is 16.5. The molecule has 0 saturated heterocycles. The Morgan fingerprint density at radius 3 is 1.89 bits per heavy atom. The van der Waals surface area contributed by atoms with Crippen LogP contribution in [0, 0.1) is 0 Å². The maximum atomic E-state index is 6.50. The van der Waals surface area contributed by atoms with Crippen LogP contribution >= 0.6 is 0 Å². The van der Waals surface area contributed by atoms with Crippen molar-refractivity contribution < 1.29 is 4.74 Å². The number of anilines is 3. The van der Waals surface area contributed by atoms with E-state index in [-0.39, 0.29) is 5.41 Å². The molecule has 0 fully saturated rings. The molecule has 1 aliphatic carbocycles. The van der Waals surface area contributed by atoms with Crippen molar-refractivity contribution >= 4 is 38.9 Å². The van der Waals surface area contributed by atoms with Gasteiger partial charge in [0.25, 0.3) is 0 Å². The lowest BCUT2D eigenvalue weighted by atomic mass is 9.82. The average molecular weight is 693 g/mol. The number of rotatable bonds is 4. The van der Waals surface area contributed by atoms with E-state index in [9.17, 15) is 0 Å². The molecule has 1 aromatic heterocycles. The summed E-state index contributed by atoms with van der Waals surface area (Å²) in [6.07, 6.45) is 0. The largest absolute Gasteiger partial charge is 0.453 e. The smallest absolute Gasteiger partial charge is 0.152 e. The Morgan fingerprint density at radius 2 is 1.04 bits per heavy atom. The van der Waals surface area contributed by atoms with Gasteiger partial charge in [0.15, 0.2) is 11.5 Å². The highest BCUT2D eigenvalue weighted by Gasteiger charge is 2.35. The SMILES string of the molecule is CC1(C)c2ccccc2-c2cc(-n3c4ccccc4c4cc(-c5ccc(-c6ccc7c(c6)Oc6ccccc6N7c6ccccc6)cc5)ccc43)ccc21. The molecule has 0 amide bonds. The quantitative estimate of drug-likeness (QED) is 0.183. The molecule has 256 valence electrons. The van der Waals surface area contributed by atoms with Crippen LogP contribution in [0.15, 0.2) is 182 Å². The van der Waals surface area contributed by atoms with Crippen molar-refractivity contribution in [2.24, 2.45) is 0 Å². The number of hydrogen-bond donors (Lipinski definition) is 0. The third kappa shape index (κ3) is 4.55. The number of ether oxygens (including phenoxy) is 1. The molecule has 8 aromatic carbocycles. The van der Waals surface area contributed by atoms with Crippen LogP contribution in [0.1, 0.15) is 25.0 Å². The summed E-state index contributed by atoms with van der Waals surface area (Å²) in [6.45, 7) is 4.68. The van der Waals surface area contributed by atoms with Gasteiger partial charge in [0, 0.05) is 27.6 Å². The van der Waals surface area contributed by atoms with Crippen LogP contribution in [-0.2, 0) is 5.41 Å². The molecule has 0 unspecified atom stereocenters. The Kier molecular flexibility index (Phi) is 6.60. The number of hydrogen-bond acceptors (Lipinski definition) is 2. The van der Waals surface area contributed by atoms with Gasteiger partial charge in [0.1, 0.15) is 0 Å². The van der Waals surface area contributed by atoms with Crippen molar-refractivity contribution in [1.82, 2.24) is 4.57 Å². The lowest BCUT2D eigenvalue weighted by Gasteiger charge is -2.33. The van der Waals surface area contributed by atoms with Crippen LogP contribution in [0.25, 0.3) is 60.9 Å². The molecule has 0 atom stereocenters. The standard InChI is InChI=1S/C51H36N2O/c1-51(2)43-16-8-6-14-39(43)41-32-38(26-27-44(41)51)53-45-17-9-7-15-40(45)42-30-35(24-28-46(42)53)33-20-22-34(23-21-33)36-25-29-48-50(31-36)54-49-19-11-10-18-47(49)52(48)37-12-4-3-5-13-37/h3-32H,1-2H3. The van der Waals surface area contributed by atoms with Crippen molar-refractivity contribution in [3.05, 3.63) is 193 Å². The van der Waals surface area contributed by atoms with E-state index < -0.39 is 0 Å². The first-order valence-corrected chi connectivity index (χ1v) is 18.7. The molecule has 2 heterocycles. The molecule has 0 saturated carbocycles. The van der Waals surface area contributed by atoms with Crippen LogP contribution in [0.3, 0.4) is 0 Å². The third-order valence-electron chi connectivity index (χ3n) is 11.6. The summed E-state index contributed by atoms with van der Waals surface area (Å²) in [5.41, 5.74) is 16.9. The Morgan fingerprint density at radius 1 is 0.407 bits per heavy atom.